The zero-order valence-electron chi connectivity index (χ0n) is 12.8. The SMILES string of the molecule is COc1ccccc1N1C(N)=NCC12CCCCCCC2. The van der Waals surface area contributed by atoms with Crippen molar-refractivity contribution >= 4 is 11.6 Å². The Balaban J connectivity index is 1.98. The number of benzene rings is 1. The molecule has 1 aliphatic carbocycles. The molecule has 0 saturated heterocycles. The molecule has 4 nitrogen and oxygen atoms in total. The number of hydrogen-bond acceptors (Lipinski definition) is 4. The number of para-hydroxylation sites is 2. The van der Waals surface area contributed by atoms with Crippen LogP contribution in [0.2, 0.25) is 0 Å². The van der Waals surface area contributed by atoms with E-state index < -0.39 is 0 Å². The number of guanidine groups is 1. The van der Waals surface area contributed by atoms with Crippen molar-refractivity contribution < 1.29 is 4.74 Å². The maximum Gasteiger partial charge on any atom is 0.196 e. The van der Waals surface area contributed by atoms with Crippen LogP contribution in [-0.2, 0) is 0 Å². The topological polar surface area (TPSA) is 50.9 Å². The van der Waals surface area contributed by atoms with Gasteiger partial charge in [0.1, 0.15) is 5.75 Å². The first-order valence-corrected chi connectivity index (χ1v) is 8.00. The Kier molecular flexibility index (Phi) is 4.04. The Hall–Kier alpha value is -1.71. The normalized spacial score (nSPS) is 21.8. The third kappa shape index (κ3) is 2.59. The van der Waals surface area contributed by atoms with E-state index in [1.807, 2.05) is 18.2 Å². The highest BCUT2D eigenvalue weighted by molar-refractivity contribution is 5.99. The number of methoxy groups -OCH3 is 1. The van der Waals surface area contributed by atoms with Crippen LogP contribution in [0.3, 0.4) is 0 Å². The van der Waals surface area contributed by atoms with Crippen molar-refractivity contribution in [3.05, 3.63) is 24.3 Å². The molecule has 2 aliphatic rings. The summed E-state index contributed by atoms with van der Waals surface area (Å²) >= 11 is 0. The van der Waals surface area contributed by atoms with E-state index >= 15 is 0 Å². The zero-order valence-corrected chi connectivity index (χ0v) is 12.8. The fourth-order valence-electron chi connectivity index (χ4n) is 3.75. The Bertz CT molecular complexity index is 519. The number of nitrogens with zero attached hydrogens (tertiary/aromatic N) is 2. The van der Waals surface area contributed by atoms with Gasteiger partial charge in [0.15, 0.2) is 5.96 Å². The third-order valence-corrected chi connectivity index (χ3v) is 4.85. The van der Waals surface area contributed by atoms with Gasteiger partial charge in [0, 0.05) is 0 Å². The lowest BCUT2D eigenvalue weighted by Crippen LogP contribution is -2.52. The monoisotopic (exact) mass is 287 g/mol. The van der Waals surface area contributed by atoms with Gasteiger partial charge in [-0.1, -0.05) is 44.2 Å². The summed E-state index contributed by atoms with van der Waals surface area (Å²) in [4.78, 5) is 6.83. The third-order valence-electron chi connectivity index (χ3n) is 4.85. The summed E-state index contributed by atoms with van der Waals surface area (Å²) in [6.45, 7) is 0.816. The van der Waals surface area contributed by atoms with Crippen LogP contribution in [0.1, 0.15) is 44.9 Å². The minimum Gasteiger partial charge on any atom is -0.495 e. The molecule has 0 unspecified atom stereocenters. The molecule has 0 radical (unpaired) electrons. The van der Waals surface area contributed by atoms with Gasteiger partial charge in [-0.05, 0) is 25.0 Å². The van der Waals surface area contributed by atoms with Gasteiger partial charge >= 0.3 is 0 Å². The smallest absolute Gasteiger partial charge is 0.196 e. The largest absolute Gasteiger partial charge is 0.495 e. The van der Waals surface area contributed by atoms with Crippen molar-refractivity contribution in [2.75, 3.05) is 18.6 Å². The lowest BCUT2D eigenvalue weighted by molar-refractivity contribution is 0.334. The van der Waals surface area contributed by atoms with Gasteiger partial charge < -0.3 is 15.4 Å². The second-order valence-electron chi connectivity index (χ2n) is 6.17. The minimum atomic E-state index is 0.0547. The molecule has 1 heterocycles. The lowest BCUT2D eigenvalue weighted by atomic mass is 9.83. The van der Waals surface area contributed by atoms with Crippen molar-refractivity contribution in [1.29, 1.82) is 0 Å². The highest BCUT2D eigenvalue weighted by Crippen LogP contribution is 2.41. The first kappa shape index (κ1) is 14.2. The number of ether oxygens (including phenoxy) is 1. The maximum absolute atomic E-state index is 6.25. The number of anilines is 1. The summed E-state index contributed by atoms with van der Waals surface area (Å²) in [5, 5.41) is 0. The van der Waals surface area contributed by atoms with E-state index in [-0.39, 0.29) is 5.54 Å². The summed E-state index contributed by atoms with van der Waals surface area (Å²) in [5.74, 6) is 1.51. The Morgan fingerprint density at radius 1 is 1.10 bits per heavy atom. The van der Waals surface area contributed by atoms with Gasteiger partial charge in [-0.2, -0.15) is 0 Å². The maximum atomic E-state index is 6.25. The molecule has 114 valence electrons. The average Bonchev–Trinajstić information content (AvgIpc) is 2.81. The van der Waals surface area contributed by atoms with Crippen molar-refractivity contribution in [3.63, 3.8) is 0 Å². The van der Waals surface area contributed by atoms with Crippen molar-refractivity contribution in [2.24, 2.45) is 10.7 Å². The van der Waals surface area contributed by atoms with E-state index in [0.29, 0.717) is 5.96 Å². The molecular weight excluding hydrogens is 262 g/mol. The van der Waals surface area contributed by atoms with Gasteiger partial charge in [0.05, 0.1) is 24.9 Å². The van der Waals surface area contributed by atoms with Gasteiger partial charge in [0.2, 0.25) is 0 Å². The molecule has 4 heteroatoms. The molecule has 0 aromatic heterocycles. The van der Waals surface area contributed by atoms with Crippen LogP contribution >= 0.6 is 0 Å². The summed E-state index contributed by atoms with van der Waals surface area (Å²) in [7, 11) is 1.72. The van der Waals surface area contributed by atoms with Gasteiger partial charge in [-0.3, -0.25) is 4.99 Å². The van der Waals surface area contributed by atoms with E-state index in [2.05, 4.69) is 16.0 Å². The van der Waals surface area contributed by atoms with Gasteiger partial charge in [0.25, 0.3) is 0 Å². The van der Waals surface area contributed by atoms with Crippen molar-refractivity contribution in [2.45, 2.75) is 50.5 Å². The van der Waals surface area contributed by atoms with Crippen LogP contribution in [0.15, 0.2) is 29.3 Å². The van der Waals surface area contributed by atoms with Gasteiger partial charge in [-0.25, -0.2) is 0 Å². The second kappa shape index (κ2) is 5.96. The fraction of sp³-hybridized carbons (Fsp3) is 0.588. The predicted octanol–water partition coefficient (Wildman–Crippen LogP) is 3.31. The first-order chi connectivity index (χ1) is 10.3. The quantitative estimate of drug-likeness (QED) is 0.908. The highest BCUT2D eigenvalue weighted by atomic mass is 16.5. The summed E-state index contributed by atoms with van der Waals surface area (Å²) in [5.41, 5.74) is 7.36. The Morgan fingerprint density at radius 3 is 2.48 bits per heavy atom. The molecule has 0 amide bonds. The van der Waals surface area contributed by atoms with Crippen LogP contribution < -0.4 is 15.4 Å². The van der Waals surface area contributed by atoms with E-state index in [9.17, 15) is 0 Å². The minimum absolute atomic E-state index is 0.0547. The first-order valence-electron chi connectivity index (χ1n) is 8.00. The van der Waals surface area contributed by atoms with Crippen molar-refractivity contribution in [1.82, 2.24) is 0 Å². The van der Waals surface area contributed by atoms with E-state index in [4.69, 9.17) is 10.5 Å². The number of aliphatic imine (C=N–C) groups is 1. The number of hydrogen-bond donors (Lipinski definition) is 1. The van der Waals surface area contributed by atoms with Crippen LogP contribution in [0.25, 0.3) is 0 Å². The van der Waals surface area contributed by atoms with Crippen molar-refractivity contribution in [3.8, 4) is 5.75 Å². The van der Waals surface area contributed by atoms with Crippen LogP contribution in [0.4, 0.5) is 5.69 Å². The van der Waals surface area contributed by atoms with E-state index in [1.54, 1.807) is 7.11 Å². The summed E-state index contributed by atoms with van der Waals surface area (Å²) in [6, 6.07) is 8.13. The van der Waals surface area contributed by atoms with Crippen LogP contribution in [-0.4, -0.2) is 25.2 Å². The van der Waals surface area contributed by atoms with Crippen LogP contribution in [0, 0.1) is 0 Å². The molecule has 1 fully saturated rings. The predicted molar refractivity (Wildman–Crippen MR) is 87.0 cm³/mol. The second-order valence-corrected chi connectivity index (χ2v) is 6.17. The Labute approximate surface area is 127 Å². The molecule has 1 saturated carbocycles. The molecule has 1 aliphatic heterocycles. The Morgan fingerprint density at radius 2 is 1.76 bits per heavy atom. The summed E-state index contributed by atoms with van der Waals surface area (Å²) in [6.07, 6.45) is 8.84. The molecule has 0 atom stereocenters. The molecule has 3 rings (SSSR count). The average molecular weight is 287 g/mol. The van der Waals surface area contributed by atoms with E-state index in [0.717, 1.165) is 30.8 Å². The van der Waals surface area contributed by atoms with Gasteiger partial charge in [-0.15, -0.1) is 0 Å². The van der Waals surface area contributed by atoms with Crippen LogP contribution in [0.5, 0.6) is 5.75 Å². The number of nitrogens with two attached hydrogens (primary N) is 1. The molecule has 1 aromatic carbocycles. The van der Waals surface area contributed by atoms with E-state index in [1.165, 1.54) is 32.1 Å². The zero-order chi connectivity index (χ0) is 14.7. The molecular formula is C17H25N3O. The molecule has 0 bridgehead atoms. The molecule has 1 spiro atoms. The fourth-order valence-corrected chi connectivity index (χ4v) is 3.75. The number of rotatable bonds is 2. The highest BCUT2D eigenvalue weighted by Gasteiger charge is 2.43. The standard InChI is InChI=1S/C17H25N3O/c1-21-15-10-6-5-9-14(15)20-16(18)19-13-17(20)11-7-3-2-4-8-12-17/h5-6,9-10H,2-4,7-8,11-13H2,1H3,(H2,18,19). The molecule has 21 heavy (non-hydrogen) atoms. The lowest BCUT2D eigenvalue weighted by Gasteiger charge is -2.41. The molecule has 1 aromatic rings. The summed E-state index contributed by atoms with van der Waals surface area (Å²) < 4.78 is 5.54. The molecule has 2 N–H and O–H groups in total.